The molecule has 0 radical (unpaired) electrons. The number of rotatable bonds is 4. The maximum atomic E-state index is 11.2. The molecule has 0 unspecified atom stereocenters. The van der Waals surface area contributed by atoms with Gasteiger partial charge in [0.1, 0.15) is 0 Å². The van der Waals surface area contributed by atoms with E-state index in [0.717, 1.165) is 18.4 Å². The second-order valence-electron chi connectivity index (χ2n) is 5.33. The molecule has 0 spiro atoms. The average Bonchev–Trinajstić information content (AvgIpc) is 2.64. The van der Waals surface area contributed by atoms with Crippen molar-refractivity contribution in [2.24, 2.45) is 5.14 Å². The van der Waals surface area contributed by atoms with E-state index in [1.165, 1.54) is 37.8 Å². The summed E-state index contributed by atoms with van der Waals surface area (Å²) in [7, 11) is -3.70. The standard InChI is InChI=1S/C14H22N2O3S/c15-14-9-13(20(16,17)18)8-7-11(14)10-19-12-5-3-1-2-4-6-12/h7-9,12H,1-6,10,15H2,(H2,16,17,18). The molecule has 20 heavy (non-hydrogen) atoms. The Morgan fingerprint density at radius 3 is 2.35 bits per heavy atom. The van der Waals surface area contributed by atoms with Crippen molar-refractivity contribution in [1.82, 2.24) is 0 Å². The fourth-order valence-corrected chi connectivity index (χ4v) is 3.05. The van der Waals surface area contributed by atoms with Gasteiger partial charge in [0, 0.05) is 11.3 Å². The van der Waals surface area contributed by atoms with Crippen molar-refractivity contribution < 1.29 is 13.2 Å². The molecule has 1 aliphatic rings. The van der Waals surface area contributed by atoms with Crippen LogP contribution in [0.5, 0.6) is 0 Å². The van der Waals surface area contributed by atoms with Gasteiger partial charge in [-0.25, -0.2) is 13.6 Å². The molecule has 0 aliphatic heterocycles. The van der Waals surface area contributed by atoms with Gasteiger partial charge in [-0.1, -0.05) is 31.7 Å². The molecule has 6 heteroatoms. The third kappa shape index (κ3) is 4.19. The molecule has 0 bridgehead atoms. The molecule has 4 N–H and O–H groups in total. The van der Waals surface area contributed by atoms with Crippen LogP contribution in [0.1, 0.15) is 44.1 Å². The number of hydrogen-bond acceptors (Lipinski definition) is 4. The molecule has 1 aromatic rings. The molecule has 0 atom stereocenters. The number of benzene rings is 1. The van der Waals surface area contributed by atoms with E-state index in [4.69, 9.17) is 15.6 Å². The monoisotopic (exact) mass is 298 g/mol. The number of primary sulfonamides is 1. The van der Waals surface area contributed by atoms with E-state index >= 15 is 0 Å². The minimum absolute atomic E-state index is 0.0354. The van der Waals surface area contributed by atoms with Gasteiger partial charge >= 0.3 is 0 Å². The molecule has 2 rings (SSSR count). The van der Waals surface area contributed by atoms with Gasteiger partial charge in [-0.2, -0.15) is 0 Å². The molecule has 1 aromatic carbocycles. The van der Waals surface area contributed by atoms with E-state index in [-0.39, 0.29) is 11.0 Å². The van der Waals surface area contributed by atoms with Gasteiger partial charge in [-0.3, -0.25) is 0 Å². The molecular formula is C14H22N2O3S. The highest BCUT2D eigenvalue weighted by molar-refractivity contribution is 7.89. The largest absolute Gasteiger partial charge is 0.398 e. The SMILES string of the molecule is Nc1cc(S(N)(=O)=O)ccc1COC1CCCCCC1. The van der Waals surface area contributed by atoms with Gasteiger partial charge in [0.25, 0.3) is 0 Å². The molecule has 0 aromatic heterocycles. The zero-order valence-corrected chi connectivity index (χ0v) is 12.4. The molecule has 5 nitrogen and oxygen atoms in total. The predicted molar refractivity (Wildman–Crippen MR) is 78.5 cm³/mol. The van der Waals surface area contributed by atoms with E-state index < -0.39 is 10.0 Å². The molecule has 1 saturated carbocycles. The van der Waals surface area contributed by atoms with Gasteiger partial charge in [-0.05, 0) is 25.0 Å². The molecule has 0 heterocycles. The number of ether oxygens (including phenoxy) is 1. The highest BCUT2D eigenvalue weighted by Gasteiger charge is 2.14. The molecule has 0 amide bonds. The van der Waals surface area contributed by atoms with Crippen LogP contribution in [0.3, 0.4) is 0 Å². The highest BCUT2D eigenvalue weighted by Crippen LogP contribution is 2.23. The van der Waals surface area contributed by atoms with Crippen molar-refractivity contribution in [2.45, 2.75) is 56.1 Å². The lowest BCUT2D eigenvalue weighted by atomic mass is 10.1. The van der Waals surface area contributed by atoms with Crippen LogP contribution in [0.2, 0.25) is 0 Å². The lowest BCUT2D eigenvalue weighted by Gasteiger charge is -2.16. The second-order valence-corrected chi connectivity index (χ2v) is 6.89. The van der Waals surface area contributed by atoms with Crippen LogP contribution in [-0.2, 0) is 21.4 Å². The Hall–Kier alpha value is -1.11. The normalized spacial score (nSPS) is 17.9. The van der Waals surface area contributed by atoms with Crippen molar-refractivity contribution in [3.8, 4) is 0 Å². The Bertz CT molecular complexity index is 550. The van der Waals surface area contributed by atoms with Crippen LogP contribution in [0, 0.1) is 0 Å². The Kier molecular flexibility index (Phi) is 5.01. The van der Waals surface area contributed by atoms with Crippen molar-refractivity contribution in [3.05, 3.63) is 23.8 Å². The average molecular weight is 298 g/mol. The van der Waals surface area contributed by atoms with Crippen LogP contribution in [0.4, 0.5) is 5.69 Å². The topological polar surface area (TPSA) is 95.4 Å². The first-order valence-electron chi connectivity index (χ1n) is 6.99. The summed E-state index contributed by atoms with van der Waals surface area (Å²) in [6.45, 7) is 0.418. The number of anilines is 1. The summed E-state index contributed by atoms with van der Waals surface area (Å²) < 4.78 is 28.4. The summed E-state index contributed by atoms with van der Waals surface area (Å²) in [5.41, 5.74) is 7.08. The van der Waals surface area contributed by atoms with Crippen molar-refractivity contribution in [2.75, 3.05) is 5.73 Å². The molecular weight excluding hydrogens is 276 g/mol. The maximum absolute atomic E-state index is 11.2. The quantitative estimate of drug-likeness (QED) is 0.657. The summed E-state index contributed by atoms with van der Waals surface area (Å²) >= 11 is 0. The summed E-state index contributed by atoms with van der Waals surface area (Å²) in [4.78, 5) is 0.0354. The summed E-state index contributed by atoms with van der Waals surface area (Å²) in [6.07, 6.45) is 7.46. The van der Waals surface area contributed by atoms with E-state index in [9.17, 15) is 8.42 Å². The zero-order chi connectivity index (χ0) is 14.6. The molecule has 1 aliphatic carbocycles. The number of nitrogens with two attached hydrogens (primary N) is 2. The van der Waals surface area contributed by atoms with E-state index in [2.05, 4.69) is 0 Å². The summed E-state index contributed by atoms with van der Waals surface area (Å²) in [5.74, 6) is 0. The van der Waals surface area contributed by atoms with Gasteiger partial charge in [0.15, 0.2) is 0 Å². The first-order chi connectivity index (χ1) is 9.47. The van der Waals surface area contributed by atoms with E-state index in [0.29, 0.717) is 12.3 Å². The molecule has 1 fully saturated rings. The lowest BCUT2D eigenvalue weighted by Crippen LogP contribution is -2.14. The van der Waals surface area contributed by atoms with Gasteiger partial charge in [0.05, 0.1) is 17.6 Å². The third-order valence-electron chi connectivity index (χ3n) is 3.72. The van der Waals surface area contributed by atoms with E-state index in [1.54, 1.807) is 6.07 Å². The molecule has 112 valence electrons. The summed E-state index contributed by atoms with van der Waals surface area (Å²) in [5, 5.41) is 5.07. The first-order valence-corrected chi connectivity index (χ1v) is 8.54. The highest BCUT2D eigenvalue weighted by atomic mass is 32.2. The van der Waals surface area contributed by atoms with Crippen molar-refractivity contribution in [1.29, 1.82) is 0 Å². The number of sulfonamides is 1. The van der Waals surface area contributed by atoms with Crippen LogP contribution in [-0.4, -0.2) is 14.5 Å². The fraction of sp³-hybridized carbons (Fsp3) is 0.571. The van der Waals surface area contributed by atoms with Crippen LogP contribution in [0.25, 0.3) is 0 Å². The number of nitrogen functional groups attached to an aromatic ring is 1. The molecule has 0 saturated heterocycles. The Morgan fingerprint density at radius 2 is 1.80 bits per heavy atom. The van der Waals surface area contributed by atoms with Gasteiger partial charge in [-0.15, -0.1) is 0 Å². The second kappa shape index (κ2) is 6.56. The number of hydrogen-bond donors (Lipinski definition) is 2. The third-order valence-corrected chi connectivity index (χ3v) is 4.63. The van der Waals surface area contributed by atoms with Gasteiger partial charge < -0.3 is 10.5 Å². The van der Waals surface area contributed by atoms with Crippen LogP contribution in [0.15, 0.2) is 23.1 Å². The summed E-state index contributed by atoms with van der Waals surface area (Å²) in [6, 6.07) is 4.53. The predicted octanol–water partition coefficient (Wildman–Crippen LogP) is 2.16. The van der Waals surface area contributed by atoms with Crippen LogP contribution < -0.4 is 10.9 Å². The minimum Gasteiger partial charge on any atom is -0.398 e. The minimum atomic E-state index is -3.70. The first kappa shape index (κ1) is 15.3. The Balaban J connectivity index is 1.99. The smallest absolute Gasteiger partial charge is 0.238 e. The Labute approximate surface area is 120 Å². The zero-order valence-electron chi connectivity index (χ0n) is 11.5. The van der Waals surface area contributed by atoms with Gasteiger partial charge in [0.2, 0.25) is 10.0 Å². The maximum Gasteiger partial charge on any atom is 0.238 e. The van der Waals surface area contributed by atoms with Crippen LogP contribution >= 0.6 is 0 Å². The Morgan fingerprint density at radius 1 is 1.15 bits per heavy atom. The van der Waals surface area contributed by atoms with Crippen molar-refractivity contribution in [3.63, 3.8) is 0 Å². The lowest BCUT2D eigenvalue weighted by molar-refractivity contribution is 0.0312. The van der Waals surface area contributed by atoms with Crippen molar-refractivity contribution >= 4 is 15.7 Å². The van der Waals surface area contributed by atoms with E-state index in [1.807, 2.05) is 0 Å². The fourth-order valence-electron chi connectivity index (χ4n) is 2.50.